The van der Waals surface area contributed by atoms with Gasteiger partial charge in [0.25, 0.3) is 0 Å². The number of nitrogens with one attached hydrogen (secondary N) is 2. The first-order valence-electron chi connectivity index (χ1n) is 16.1. The van der Waals surface area contributed by atoms with Gasteiger partial charge in [0.2, 0.25) is 11.8 Å². The van der Waals surface area contributed by atoms with Gasteiger partial charge in [-0.1, -0.05) is 13.8 Å². The van der Waals surface area contributed by atoms with Crippen LogP contribution in [0.2, 0.25) is 0 Å². The van der Waals surface area contributed by atoms with Gasteiger partial charge in [-0.3, -0.25) is 37.3 Å². The van der Waals surface area contributed by atoms with E-state index >= 15 is 0 Å². The topological polar surface area (TPSA) is 421 Å². The average molecular weight is 866 g/mol. The number of phosphoric acid groups is 3. The maximum atomic E-state index is 12.6. The zero-order valence-corrected chi connectivity index (χ0v) is 32.1. The number of carboxylic acid groups (broad SMARTS) is 1. The third kappa shape index (κ3) is 13.9. The fourth-order valence-electron chi connectivity index (χ4n) is 4.85. The first kappa shape index (κ1) is 47.0. The summed E-state index contributed by atoms with van der Waals surface area (Å²) in [6, 6.07) is 0. The van der Waals surface area contributed by atoms with Crippen molar-refractivity contribution in [3.05, 3.63) is 12.7 Å². The van der Waals surface area contributed by atoms with E-state index in [9.17, 15) is 67.8 Å². The minimum absolute atomic E-state index is 0.0129. The molecule has 3 heterocycles. The fraction of sp³-hybridized carbons (Fsp3) is 0.654. The number of phosphoric ester groups is 3. The van der Waals surface area contributed by atoms with E-state index in [2.05, 4.69) is 34.4 Å². The lowest BCUT2D eigenvalue weighted by Crippen LogP contribution is -2.46. The SMILES string of the molecule is CC(C)(COP(=O)(O)OP(=O)(O)OCC1OC(n2cnc3c(N)ncnc32)C(O)C1OP(=O)(O)O)C(O)C(=O)NCCC(=O)NCCC(=O)C(O)CCC(=O)O. The summed E-state index contributed by atoms with van der Waals surface area (Å²) >= 11 is 0. The van der Waals surface area contributed by atoms with E-state index in [1.165, 1.54) is 13.8 Å². The minimum Gasteiger partial charge on any atom is -0.481 e. The third-order valence-electron chi connectivity index (χ3n) is 7.77. The standard InChI is InChI=1S/C26H42N7O20P3/c1-26(2,21(40)24(41)29-8-6-16(36)28-7-5-14(35)13(34)3-4-17(37)38)10-50-56(47,48)53-55(45,46)49-9-15-20(52-54(42,43)44)19(39)25(51-15)33-12-32-18-22(27)30-11-31-23(18)33/h11-13,15,19-21,25,34,39-40H,3-10H2,1-2H3,(H,28,36)(H,29,41)(H,37,38)(H,45,46)(H,47,48)(H2,27,30,31)(H2,42,43,44). The number of aromatic nitrogens is 4. The number of carboxylic acids is 1. The molecule has 0 bridgehead atoms. The largest absolute Gasteiger partial charge is 0.481 e. The van der Waals surface area contributed by atoms with Gasteiger partial charge in [-0.2, -0.15) is 4.31 Å². The molecule has 30 heteroatoms. The highest BCUT2D eigenvalue weighted by atomic mass is 31.3. The van der Waals surface area contributed by atoms with Crippen LogP contribution in [-0.2, 0) is 55.5 Å². The predicted octanol–water partition coefficient (Wildman–Crippen LogP) is -2.41. The molecule has 8 unspecified atom stereocenters. The molecular formula is C26H42N7O20P3. The molecule has 2 aromatic rings. The molecule has 0 radical (unpaired) electrons. The van der Waals surface area contributed by atoms with E-state index in [4.69, 9.17) is 24.6 Å². The quantitative estimate of drug-likeness (QED) is 0.0518. The number of amides is 2. The van der Waals surface area contributed by atoms with E-state index in [0.29, 0.717) is 0 Å². The van der Waals surface area contributed by atoms with Crippen LogP contribution < -0.4 is 16.4 Å². The Labute approximate surface area is 316 Å². The normalized spacial score (nSPS) is 22.2. The summed E-state index contributed by atoms with van der Waals surface area (Å²) in [4.78, 5) is 97.7. The maximum absolute atomic E-state index is 12.6. The summed E-state index contributed by atoms with van der Waals surface area (Å²) in [6.07, 6.45) is -9.75. The van der Waals surface area contributed by atoms with Gasteiger partial charge in [-0.25, -0.2) is 28.6 Å². The first-order chi connectivity index (χ1) is 25.8. The minimum atomic E-state index is -5.60. The summed E-state index contributed by atoms with van der Waals surface area (Å²) in [5.41, 5.74) is 4.15. The Morgan fingerprint density at radius 2 is 1.62 bits per heavy atom. The molecule has 56 heavy (non-hydrogen) atoms. The Morgan fingerprint density at radius 3 is 2.27 bits per heavy atom. The van der Waals surface area contributed by atoms with Gasteiger partial charge < -0.3 is 61.1 Å². The van der Waals surface area contributed by atoms with Gasteiger partial charge in [-0.05, 0) is 6.42 Å². The number of aliphatic hydroxyl groups is 3. The van der Waals surface area contributed by atoms with E-state index in [0.717, 1.165) is 17.2 Å². The Bertz CT molecular complexity index is 1880. The number of hydrogen-bond acceptors (Lipinski definition) is 19. The van der Waals surface area contributed by atoms with Crippen molar-refractivity contribution in [1.29, 1.82) is 0 Å². The molecule has 1 saturated heterocycles. The molecule has 0 spiro atoms. The van der Waals surface area contributed by atoms with Crippen LogP contribution in [0.15, 0.2) is 12.7 Å². The van der Waals surface area contributed by atoms with Gasteiger partial charge in [0, 0.05) is 37.8 Å². The summed E-state index contributed by atoms with van der Waals surface area (Å²) in [5.74, 6) is -3.62. The Balaban J connectivity index is 1.49. The highest BCUT2D eigenvalue weighted by molar-refractivity contribution is 7.61. The van der Waals surface area contributed by atoms with Gasteiger partial charge in [-0.15, -0.1) is 0 Å². The Kier molecular flexibility index (Phi) is 16.3. The van der Waals surface area contributed by atoms with E-state index in [1.807, 2.05) is 0 Å². The number of nitrogen functional groups attached to an aromatic ring is 1. The molecule has 0 saturated carbocycles. The summed E-state index contributed by atoms with van der Waals surface area (Å²) in [5, 5.41) is 44.2. The van der Waals surface area contributed by atoms with Crippen LogP contribution in [0.25, 0.3) is 11.2 Å². The van der Waals surface area contributed by atoms with Crippen molar-refractivity contribution < 1.29 is 95.5 Å². The molecule has 12 N–H and O–H groups in total. The molecule has 1 aliphatic rings. The number of aliphatic hydroxyl groups excluding tert-OH is 3. The molecule has 1 aliphatic heterocycles. The summed E-state index contributed by atoms with van der Waals surface area (Å²) in [6.45, 7) is -0.195. The van der Waals surface area contributed by atoms with E-state index in [1.54, 1.807) is 0 Å². The van der Waals surface area contributed by atoms with E-state index < -0.39 is 109 Å². The second-order valence-corrected chi connectivity index (χ2v) is 17.0. The van der Waals surface area contributed by atoms with Crippen molar-refractivity contribution in [2.75, 3.05) is 32.0 Å². The predicted molar refractivity (Wildman–Crippen MR) is 182 cm³/mol. The Hall–Kier alpha value is -3.36. The highest BCUT2D eigenvalue weighted by Gasteiger charge is 2.50. The number of carbonyl (C=O) groups is 4. The van der Waals surface area contributed by atoms with Crippen LogP contribution in [0.3, 0.4) is 0 Å². The maximum Gasteiger partial charge on any atom is 0.481 e. The fourth-order valence-corrected chi connectivity index (χ4v) is 7.68. The number of Topliss-reactive ketones (excluding diaryl/α,β-unsaturated/α-hetero) is 1. The van der Waals surface area contributed by atoms with Crippen LogP contribution in [0.4, 0.5) is 5.82 Å². The van der Waals surface area contributed by atoms with Crippen LogP contribution in [-0.4, -0.2) is 140 Å². The number of anilines is 1. The molecular weight excluding hydrogens is 823 g/mol. The second-order valence-electron chi connectivity index (χ2n) is 12.7. The molecule has 8 atom stereocenters. The Morgan fingerprint density at radius 1 is 0.982 bits per heavy atom. The van der Waals surface area contributed by atoms with Crippen molar-refractivity contribution in [2.45, 2.75) is 76.3 Å². The molecule has 0 aliphatic carbocycles. The molecule has 1 fully saturated rings. The number of carbonyl (C=O) groups excluding carboxylic acids is 3. The van der Waals surface area contributed by atoms with Crippen LogP contribution in [0.5, 0.6) is 0 Å². The number of fused-ring (bicyclic) bond motifs is 1. The highest BCUT2D eigenvalue weighted by Crippen LogP contribution is 2.61. The van der Waals surface area contributed by atoms with Gasteiger partial charge in [0.15, 0.2) is 23.5 Å². The number of aliphatic carboxylic acids is 1. The van der Waals surface area contributed by atoms with Crippen molar-refractivity contribution >= 4 is 64.0 Å². The van der Waals surface area contributed by atoms with Crippen LogP contribution in [0.1, 0.15) is 45.8 Å². The van der Waals surface area contributed by atoms with E-state index in [-0.39, 0.29) is 49.3 Å². The second kappa shape index (κ2) is 19.4. The van der Waals surface area contributed by atoms with Crippen molar-refractivity contribution in [2.24, 2.45) is 5.41 Å². The monoisotopic (exact) mass is 865 g/mol. The third-order valence-corrected chi connectivity index (χ3v) is 10.9. The number of imidazole rings is 1. The average Bonchev–Trinajstić information content (AvgIpc) is 3.65. The number of rotatable bonds is 23. The van der Waals surface area contributed by atoms with Gasteiger partial charge in [0.05, 0.1) is 19.5 Å². The number of ketones is 1. The molecule has 0 aromatic carbocycles. The van der Waals surface area contributed by atoms with Crippen molar-refractivity contribution in [3.63, 3.8) is 0 Å². The van der Waals surface area contributed by atoms with Gasteiger partial charge in [0.1, 0.15) is 42.4 Å². The molecule has 316 valence electrons. The van der Waals surface area contributed by atoms with Crippen LogP contribution >= 0.6 is 23.5 Å². The van der Waals surface area contributed by atoms with Crippen LogP contribution in [0, 0.1) is 5.41 Å². The van der Waals surface area contributed by atoms with Gasteiger partial charge >= 0.3 is 29.4 Å². The number of nitrogens with two attached hydrogens (primary N) is 1. The number of nitrogens with zero attached hydrogens (tertiary/aromatic N) is 4. The summed E-state index contributed by atoms with van der Waals surface area (Å²) < 4.78 is 61.9. The molecule has 27 nitrogen and oxygen atoms in total. The summed E-state index contributed by atoms with van der Waals surface area (Å²) in [7, 11) is -16.5. The lowest BCUT2D eigenvalue weighted by Gasteiger charge is -2.30. The number of ether oxygens (including phenoxy) is 1. The van der Waals surface area contributed by atoms with Crippen molar-refractivity contribution in [3.8, 4) is 0 Å². The lowest BCUT2D eigenvalue weighted by atomic mass is 9.87. The molecule has 2 amide bonds. The molecule has 3 rings (SSSR count). The first-order valence-corrected chi connectivity index (χ1v) is 20.7. The number of hydrogen-bond donors (Lipinski definition) is 11. The van der Waals surface area contributed by atoms with Crippen molar-refractivity contribution in [1.82, 2.24) is 30.2 Å². The smallest absolute Gasteiger partial charge is 0.481 e. The molecule has 2 aromatic heterocycles. The lowest BCUT2D eigenvalue weighted by molar-refractivity contribution is -0.138. The zero-order chi connectivity index (χ0) is 42.2. The zero-order valence-electron chi connectivity index (χ0n) is 29.5.